The molecule has 100 valence electrons. The molecule has 1 aromatic carbocycles. The van der Waals surface area contributed by atoms with Crippen molar-refractivity contribution in [2.45, 2.75) is 0 Å². The van der Waals surface area contributed by atoms with Crippen LogP contribution in [0.4, 0.5) is 0 Å². The predicted molar refractivity (Wildman–Crippen MR) is 90.0 cm³/mol. The molecule has 6 heteroatoms. The monoisotopic (exact) mass is 415 g/mol. The molecule has 1 aromatic heterocycles. The summed E-state index contributed by atoms with van der Waals surface area (Å²) in [5, 5.41) is 1.10. The number of rotatable bonds is 2. The number of aliphatic imine (C=N–C) groups is 1. The van der Waals surface area contributed by atoms with Crippen LogP contribution in [0.1, 0.15) is 11.3 Å². The topological polar surface area (TPSA) is 42.6 Å². The van der Waals surface area contributed by atoms with Crippen LogP contribution in [-0.4, -0.2) is 10.2 Å². The van der Waals surface area contributed by atoms with Gasteiger partial charge in [-0.25, -0.2) is 4.99 Å². The SMILES string of the molecule is O=C1SC(c2cc(I)ccc2Cl)=N/C1=C\c1ccco1. The fourth-order valence-corrected chi connectivity index (χ4v) is 3.26. The Morgan fingerprint density at radius 3 is 2.95 bits per heavy atom. The summed E-state index contributed by atoms with van der Waals surface area (Å²) < 4.78 is 6.24. The van der Waals surface area contributed by atoms with Gasteiger partial charge in [0.2, 0.25) is 5.12 Å². The maximum atomic E-state index is 12.0. The Bertz CT molecular complexity index is 738. The summed E-state index contributed by atoms with van der Waals surface area (Å²) in [7, 11) is 0. The minimum absolute atomic E-state index is 0.105. The zero-order valence-electron chi connectivity index (χ0n) is 9.97. The fourth-order valence-electron chi connectivity index (χ4n) is 1.69. The average Bonchev–Trinajstić information content (AvgIpc) is 3.04. The van der Waals surface area contributed by atoms with Crippen molar-refractivity contribution in [2.75, 3.05) is 0 Å². The van der Waals surface area contributed by atoms with Crippen LogP contribution < -0.4 is 0 Å². The molecule has 0 aliphatic carbocycles. The number of halogens is 2. The zero-order chi connectivity index (χ0) is 14.1. The second kappa shape index (κ2) is 5.75. The molecule has 2 heterocycles. The molecule has 20 heavy (non-hydrogen) atoms. The normalized spacial score (nSPS) is 16.8. The lowest BCUT2D eigenvalue weighted by molar-refractivity contribution is -0.107. The molecular formula is C14H7ClINO2S. The number of hydrogen-bond acceptors (Lipinski definition) is 4. The first-order valence-electron chi connectivity index (χ1n) is 5.65. The maximum Gasteiger partial charge on any atom is 0.244 e. The lowest BCUT2D eigenvalue weighted by Gasteiger charge is -2.02. The van der Waals surface area contributed by atoms with Crippen molar-refractivity contribution in [3.8, 4) is 0 Å². The molecule has 0 saturated carbocycles. The minimum Gasteiger partial charge on any atom is -0.465 e. The maximum absolute atomic E-state index is 12.0. The van der Waals surface area contributed by atoms with Gasteiger partial charge in [0.05, 0.1) is 11.3 Å². The van der Waals surface area contributed by atoms with Crippen molar-refractivity contribution in [2.24, 2.45) is 4.99 Å². The average molecular weight is 416 g/mol. The second-order valence-corrected chi connectivity index (χ2v) is 6.59. The van der Waals surface area contributed by atoms with Gasteiger partial charge in [-0.2, -0.15) is 0 Å². The van der Waals surface area contributed by atoms with Crippen LogP contribution >= 0.6 is 46.0 Å². The Morgan fingerprint density at radius 1 is 1.35 bits per heavy atom. The van der Waals surface area contributed by atoms with Crippen LogP contribution in [0.2, 0.25) is 5.02 Å². The highest BCUT2D eigenvalue weighted by molar-refractivity contribution is 14.1. The smallest absolute Gasteiger partial charge is 0.244 e. The van der Waals surface area contributed by atoms with Crippen LogP contribution in [0.3, 0.4) is 0 Å². The highest BCUT2D eigenvalue weighted by Gasteiger charge is 2.25. The third-order valence-electron chi connectivity index (χ3n) is 2.60. The van der Waals surface area contributed by atoms with Crippen LogP contribution in [0.5, 0.6) is 0 Å². The zero-order valence-corrected chi connectivity index (χ0v) is 13.7. The molecule has 0 saturated heterocycles. The van der Waals surface area contributed by atoms with Gasteiger partial charge in [-0.05, 0) is 64.7 Å². The van der Waals surface area contributed by atoms with Gasteiger partial charge in [0, 0.05) is 15.2 Å². The van der Waals surface area contributed by atoms with Crippen molar-refractivity contribution in [3.63, 3.8) is 0 Å². The second-order valence-electron chi connectivity index (χ2n) is 3.98. The lowest BCUT2D eigenvalue weighted by atomic mass is 10.2. The molecule has 1 aliphatic rings. The van der Waals surface area contributed by atoms with E-state index in [1.807, 2.05) is 12.1 Å². The summed E-state index contributed by atoms with van der Waals surface area (Å²) >= 11 is 9.45. The molecule has 3 nitrogen and oxygen atoms in total. The first kappa shape index (κ1) is 13.9. The van der Waals surface area contributed by atoms with E-state index >= 15 is 0 Å². The first-order chi connectivity index (χ1) is 9.63. The number of carbonyl (C=O) groups excluding carboxylic acids is 1. The molecule has 0 bridgehead atoms. The Labute approximate surface area is 138 Å². The number of benzene rings is 1. The van der Waals surface area contributed by atoms with Crippen LogP contribution in [0, 0.1) is 3.57 Å². The summed E-state index contributed by atoms with van der Waals surface area (Å²) in [6, 6.07) is 9.17. The summed E-state index contributed by atoms with van der Waals surface area (Å²) in [5.74, 6) is 0.604. The Balaban J connectivity index is 2.00. The van der Waals surface area contributed by atoms with Crippen molar-refractivity contribution in [3.05, 3.63) is 62.2 Å². The van der Waals surface area contributed by atoms with Crippen molar-refractivity contribution in [1.82, 2.24) is 0 Å². The van der Waals surface area contributed by atoms with Gasteiger partial charge in [-0.1, -0.05) is 11.6 Å². The van der Waals surface area contributed by atoms with Gasteiger partial charge in [-0.15, -0.1) is 0 Å². The molecule has 0 unspecified atom stereocenters. The third kappa shape index (κ3) is 2.84. The molecule has 3 rings (SSSR count). The van der Waals surface area contributed by atoms with Crippen LogP contribution in [0.25, 0.3) is 6.08 Å². The molecule has 0 atom stereocenters. The fraction of sp³-hybridized carbons (Fsp3) is 0. The van der Waals surface area contributed by atoms with E-state index in [2.05, 4.69) is 27.6 Å². The summed E-state index contributed by atoms with van der Waals surface area (Å²) in [6.45, 7) is 0. The number of hydrogen-bond donors (Lipinski definition) is 0. The van der Waals surface area contributed by atoms with Crippen molar-refractivity contribution < 1.29 is 9.21 Å². The van der Waals surface area contributed by atoms with E-state index in [9.17, 15) is 4.79 Å². The largest absolute Gasteiger partial charge is 0.465 e. The highest BCUT2D eigenvalue weighted by atomic mass is 127. The molecule has 0 N–H and O–H groups in total. The number of thioether (sulfide) groups is 1. The molecule has 0 fully saturated rings. The van der Waals surface area contributed by atoms with E-state index < -0.39 is 0 Å². The van der Waals surface area contributed by atoms with Crippen molar-refractivity contribution >= 4 is 62.2 Å². The van der Waals surface area contributed by atoms with E-state index in [1.54, 1.807) is 30.5 Å². The summed E-state index contributed by atoms with van der Waals surface area (Å²) in [4.78, 5) is 16.3. The van der Waals surface area contributed by atoms with Gasteiger partial charge in [0.25, 0.3) is 0 Å². The van der Waals surface area contributed by atoms with Gasteiger partial charge < -0.3 is 4.42 Å². The molecule has 1 aliphatic heterocycles. The summed E-state index contributed by atoms with van der Waals surface area (Å²) in [5.41, 5.74) is 1.15. The van der Waals surface area contributed by atoms with Crippen LogP contribution in [0.15, 0.2) is 51.7 Å². The molecule has 0 amide bonds. The van der Waals surface area contributed by atoms with Crippen molar-refractivity contribution in [1.29, 1.82) is 0 Å². The van der Waals surface area contributed by atoms with E-state index in [0.29, 0.717) is 21.5 Å². The number of carbonyl (C=O) groups is 1. The highest BCUT2D eigenvalue weighted by Crippen LogP contribution is 2.32. The number of nitrogens with zero attached hydrogens (tertiary/aromatic N) is 1. The van der Waals surface area contributed by atoms with E-state index in [-0.39, 0.29) is 5.12 Å². The van der Waals surface area contributed by atoms with E-state index in [4.69, 9.17) is 16.0 Å². The lowest BCUT2D eigenvalue weighted by Crippen LogP contribution is -1.94. The van der Waals surface area contributed by atoms with Gasteiger partial charge in [0.1, 0.15) is 16.5 Å². The minimum atomic E-state index is -0.105. The summed E-state index contributed by atoms with van der Waals surface area (Å²) in [6.07, 6.45) is 3.18. The van der Waals surface area contributed by atoms with Gasteiger partial charge in [-0.3, -0.25) is 4.79 Å². The van der Waals surface area contributed by atoms with Crippen LogP contribution in [-0.2, 0) is 4.79 Å². The quantitative estimate of drug-likeness (QED) is 0.532. The predicted octanol–water partition coefficient (Wildman–Crippen LogP) is 4.60. The van der Waals surface area contributed by atoms with Gasteiger partial charge in [0.15, 0.2) is 0 Å². The van der Waals surface area contributed by atoms with E-state index in [0.717, 1.165) is 20.9 Å². The Hall–Kier alpha value is -1.05. The Kier molecular flexibility index (Phi) is 4.00. The van der Waals surface area contributed by atoms with Gasteiger partial charge >= 0.3 is 0 Å². The molecule has 0 spiro atoms. The molecule has 2 aromatic rings. The Morgan fingerprint density at radius 2 is 2.20 bits per heavy atom. The van der Waals surface area contributed by atoms with E-state index in [1.165, 1.54) is 0 Å². The molecular weight excluding hydrogens is 409 g/mol. The molecule has 0 radical (unpaired) electrons. The number of furan rings is 1. The standard InChI is InChI=1S/C14H7ClINO2S/c15-11-4-3-8(16)6-10(11)13-17-12(14(18)20-13)7-9-2-1-5-19-9/h1-7H/b12-7-. The first-order valence-corrected chi connectivity index (χ1v) is 7.92. The third-order valence-corrected chi connectivity index (χ3v) is 4.50.